The van der Waals surface area contributed by atoms with Gasteiger partial charge in [-0.3, -0.25) is 9.59 Å². The van der Waals surface area contributed by atoms with Gasteiger partial charge in [0.15, 0.2) is 0 Å². The maximum absolute atomic E-state index is 13.6. The largest absolute Gasteiger partial charge is 0.453 e. The molecule has 310 valence electrons. The normalized spacial score (nSPS) is 19.0. The molecule has 0 bridgehead atoms. The van der Waals surface area contributed by atoms with Crippen molar-refractivity contribution in [2.24, 2.45) is 17.6 Å². The third kappa shape index (κ3) is 8.65. The zero-order valence-corrected chi connectivity index (χ0v) is 34.3. The van der Waals surface area contributed by atoms with Crippen LogP contribution in [0.4, 0.5) is 9.59 Å². The molecule has 2 aromatic heterocycles. The molecule has 6 N–H and O–H groups in total. The minimum absolute atomic E-state index is 0.109. The van der Waals surface area contributed by atoms with E-state index in [2.05, 4.69) is 74.1 Å². The topological polar surface area (TPSA) is 201 Å². The van der Waals surface area contributed by atoms with Gasteiger partial charge in [0, 0.05) is 24.7 Å². The summed E-state index contributed by atoms with van der Waals surface area (Å²) in [5.74, 6) is 0.743. The van der Waals surface area contributed by atoms with Gasteiger partial charge in [0.1, 0.15) is 23.7 Å². The standard InChI is InChI=1S/C44H53N9O6/c1-24(2)37(50-43(56)58-5)41(54)52-17-7-8-35(52)39-46-22-34(49-39)31-16-15-29-18-28(13-14-30(29)19-31)26-9-11-27(12-10-26)33-21-47-40(48-33)36-20-32(45)23-53(36)42(55)38(25(3)4)51-44(57)59-6/h9-16,18-19,21-22,24-25,32,35-38H,7-8,17,20,23,45H2,1-6H3,(H,46,49)(H,47,48)(H,50,56)(H,51,57)/t32-,35+,36+,37+,38+/m1/s1. The van der Waals surface area contributed by atoms with E-state index in [9.17, 15) is 19.2 Å². The summed E-state index contributed by atoms with van der Waals surface area (Å²) in [6, 6.07) is 18.7. The molecule has 7 rings (SSSR count). The number of nitrogens with zero attached hydrogens (tertiary/aromatic N) is 4. The number of methoxy groups -OCH3 is 2. The van der Waals surface area contributed by atoms with Crippen LogP contribution in [-0.4, -0.2) is 99.2 Å². The van der Waals surface area contributed by atoms with E-state index in [4.69, 9.17) is 20.2 Å². The summed E-state index contributed by atoms with van der Waals surface area (Å²) in [6.07, 6.45) is 4.48. The minimum Gasteiger partial charge on any atom is -0.453 e. The molecule has 15 heteroatoms. The summed E-state index contributed by atoms with van der Waals surface area (Å²) in [6.45, 7) is 8.50. The number of hydrogen-bond donors (Lipinski definition) is 5. The van der Waals surface area contributed by atoms with Crippen LogP contribution < -0.4 is 16.4 Å². The van der Waals surface area contributed by atoms with Crippen molar-refractivity contribution in [2.75, 3.05) is 27.3 Å². The SMILES string of the molecule is COC(=O)N[C@H](C(=O)N1CCC[C@H]1c1ncc(-c2ccc3cc(-c4ccc(-c5cnc([C@@H]6C[C@@H](N)CN6C(=O)[C@@H](NC(=O)OC)C(C)C)[nH]5)cc4)ccc3c2)[nH]1)C(C)C. The summed E-state index contributed by atoms with van der Waals surface area (Å²) in [4.78, 5) is 71.0. The van der Waals surface area contributed by atoms with Gasteiger partial charge < -0.3 is 45.6 Å². The van der Waals surface area contributed by atoms with Gasteiger partial charge in [-0.05, 0) is 70.7 Å². The van der Waals surface area contributed by atoms with E-state index in [1.54, 1.807) is 11.1 Å². The molecule has 0 unspecified atom stereocenters. The van der Waals surface area contributed by atoms with Crippen molar-refractivity contribution >= 4 is 34.8 Å². The maximum atomic E-state index is 13.6. The van der Waals surface area contributed by atoms with Crippen molar-refractivity contribution in [1.29, 1.82) is 0 Å². The first-order valence-electron chi connectivity index (χ1n) is 20.2. The fraction of sp³-hybridized carbons (Fsp3) is 0.409. The highest BCUT2D eigenvalue weighted by atomic mass is 16.5. The highest BCUT2D eigenvalue weighted by Gasteiger charge is 2.41. The van der Waals surface area contributed by atoms with Crippen molar-refractivity contribution in [1.82, 2.24) is 40.4 Å². The van der Waals surface area contributed by atoms with E-state index >= 15 is 0 Å². The van der Waals surface area contributed by atoms with E-state index in [0.717, 1.165) is 63.1 Å². The first-order valence-corrected chi connectivity index (χ1v) is 20.2. The number of hydrogen-bond acceptors (Lipinski definition) is 9. The fourth-order valence-electron chi connectivity index (χ4n) is 8.18. The lowest BCUT2D eigenvalue weighted by atomic mass is 9.98. The van der Waals surface area contributed by atoms with E-state index in [1.165, 1.54) is 14.2 Å². The zero-order chi connectivity index (χ0) is 42.0. The number of benzene rings is 3. The molecule has 2 aliphatic rings. The van der Waals surface area contributed by atoms with Crippen LogP contribution in [0.1, 0.15) is 70.7 Å². The second-order valence-corrected chi connectivity index (χ2v) is 16.1. The van der Waals surface area contributed by atoms with Gasteiger partial charge in [-0.2, -0.15) is 0 Å². The first-order chi connectivity index (χ1) is 28.3. The molecule has 3 aromatic carbocycles. The van der Waals surface area contributed by atoms with Gasteiger partial charge in [-0.1, -0.05) is 76.2 Å². The maximum Gasteiger partial charge on any atom is 0.407 e. The highest BCUT2D eigenvalue weighted by Crippen LogP contribution is 2.35. The molecular formula is C44H53N9O6. The summed E-state index contributed by atoms with van der Waals surface area (Å²) in [7, 11) is 2.56. The number of nitrogens with one attached hydrogen (secondary N) is 4. The molecule has 2 saturated heterocycles. The predicted octanol–water partition coefficient (Wildman–Crippen LogP) is 6.31. The lowest BCUT2D eigenvalue weighted by Gasteiger charge is -2.30. The number of H-pyrrole nitrogens is 2. The molecule has 5 atom stereocenters. The number of carbonyl (C=O) groups is 4. The molecule has 0 radical (unpaired) electrons. The molecule has 0 saturated carbocycles. The Morgan fingerprint density at radius 1 is 0.695 bits per heavy atom. The van der Waals surface area contributed by atoms with Crippen LogP contribution in [0.25, 0.3) is 44.4 Å². The molecular weight excluding hydrogens is 751 g/mol. The second kappa shape index (κ2) is 17.3. The Balaban J connectivity index is 1.03. The number of nitrogens with two attached hydrogens (primary N) is 1. The Morgan fingerprint density at radius 2 is 1.19 bits per heavy atom. The van der Waals surface area contributed by atoms with Gasteiger partial charge in [-0.15, -0.1) is 0 Å². The monoisotopic (exact) mass is 803 g/mol. The number of aromatic amines is 2. The van der Waals surface area contributed by atoms with E-state index in [-0.39, 0.29) is 41.8 Å². The minimum atomic E-state index is -0.754. The quantitative estimate of drug-likeness (QED) is 0.101. The molecule has 2 aliphatic heterocycles. The van der Waals surface area contributed by atoms with E-state index in [1.807, 2.05) is 50.9 Å². The number of ether oxygens (including phenoxy) is 2. The van der Waals surface area contributed by atoms with Gasteiger partial charge in [0.25, 0.3) is 0 Å². The lowest BCUT2D eigenvalue weighted by molar-refractivity contribution is -0.136. The first kappa shape index (κ1) is 41.0. The summed E-state index contributed by atoms with van der Waals surface area (Å²) in [5.41, 5.74) is 12.1. The molecule has 0 aliphatic carbocycles. The Hall–Kier alpha value is -6.22. The Bertz CT molecular complexity index is 2320. The average molecular weight is 804 g/mol. The van der Waals surface area contributed by atoms with Crippen molar-refractivity contribution < 1.29 is 28.7 Å². The number of carbonyl (C=O) groups excluding carboxylic acids is 4. The van der Waals surface area contributed by atoms with Crippen molar-refractivity contribution in [2.45, 2.75) is 77.2 Å². The van der Waals surface area contributed by atoms with Gasteiger partial charge in [-0.25, -0.2) is 19.6 Å². The molecule has 2 fully saturated rings. The number of fused-ring (bicyclic) bond motifs is 1. The summed E-state index contributed by atoms with van der Waals surface area (Å²) < 4.78 is 9.52. The fourth-order valence-corrected chi connectivity index (χ4v) is 8.18. The highest BCUT2D eigenvalue weighted by molar-refractivity contribution is 5.91. The molecule has 5 aromatic rings. The van der Waals surface area contributed by atoms with Crippen LogP contribution in [0, 0.1) is 11.8 Å². The number of alkyl carbamates (subject to hydrolysis) is 2. The number of rotatable bonds is 11. The smallest absolute Gasteiger partial charge is 0.407 e. The van der Waals surface area contributed by atoms with Crippen LogP contribution in [0.15, 0.2) is 73.1 Å². The molecule has 15 nitrogen and oxygen atoms in total. The predicted molar refractivity (Wildman–Crippen MR) is 224 cm³/mol. The van der Waals surface area contributed by atoms with Gasteiger partial charge >= 0.3 is 12.2 Å². The van der Waals surface area contributed by atoms with Crippen molar-refractivity contribution in [3.8, 4) is 33.6 Å². The number of amides is 4. The van der Waals surface area contributed by atoms with E-state index < -0.39 is 24.3 Å². The van der Waals surface area contributed by atoms with Gasteiger partial charge in [0.2, 0.25) is 11.8 Å². The Morgan fingerprint density at radius 3 is 1.76 bits per heavy atom. The Labute approximate surface area is 343 Å². The molecule has 0 spiro atoms. The zero-order valence-electron chi connectivity index (χ0n) is 34.3. The number of aromatic nitrogens is 4. The number of likely N-dealkylation sites (tertiary alicyclic amines) is 2. The second-order valence-electron chi connectivity index (χ2n) is 16.1. The van der Waals surface area contributed by atoms with Crippen LogP contribution in [0.5, 0.6) is 0 Å². The third-order valence-electron chi connectivity index (χ3n) is 11.4. The number of imidazole rings is 2. The third-order valence-corrected chi connectivity index (χ3v) is 11.4. The van der Waals surface area contributed by atoms with Crippen molar-refractivity contribution in [3.63, 3.8) is 0 Å². The Kier molecular flexibility index (Phi) is 12.0. The van der Waals surface area contributed by atoms with E-state index in [0.29, 0.717) is 25.3 Å². The lowest BCUT2D eigenvalue weighted by Crippen LogP contribution is -2.51. The van der Waals surface area contributed by atoms with Crippen LogP contribution >= 0.6 is 0 Å². The van der Waals surface area contributed by atoms with Crippen molar-refractivity contribution in [3.05, 3.63) is 84.7 Å². The van der Waals surface area contributed by atoms with Crippen LogP contribution in [0.2, 0.25) is 0 Å². The summed E-state index contributed by atoms with van der Waals surface area (Å²) >= 11 is 0. The molecule has 59 heavy (non-hydrogen) atoms. The molecule has 4 amide bonds. The molecule has 4 heterocycles. The van der Waals surface area contributed by atoms with Crippen LogP contribution in [0.3, 0.4) is 0 Å². The summed E-state index contributed by atoms with van der Waals surface area (Å²) in [5, 5.41) is 7.54. The van der Waals surface area contributed by atoms with Crippen LogP contribution in [-0.2, 0) is 19.1 Å². The average Bonchev–Trinajstić information content (AvgIpc) is 4.08. The van der Waals surface area contributed by atoms with Gasteiger partial charge in [0.05, 0.1) is 50.1 Å².